The van der Waals surface area contributed by atoms with Gasteiger partial charge in [0, 0.05) is 17.4 Å². The average Bonchev–Trinajstić information content (AvgIpc) is 2.64. The summed E-state index contributed by atoms with van der Waals surface area (Å²) in [7, 11) is 0. The second kappa shape index (κ2) is 3.86. The number of hydrogen-bond donors (Lipinski definition) is 0. The number of aromatic nitrogens is 1. The fourth-order valence-corrected chi connectivity index (χ4v) is 1.71. The zero-order valence-corrected chi connectivity index (χ0v) is 8.14. The van der Waals surface area contributed by atoms with Crippen molar-refractivity contribution in [3.8, 4) is 12.1 Å². The van der Waals surface area contributed by atoms with E-state index in [2.05, 4.69) is 12.1 Å². The average molecular weight is 195 g/mol. The molecule has 3 heteroatoms. The van der Waals surface area contributed by atoms with Crippen LogP contribution < -0.4 is 0 Å². The standard InChI is InChI=1S/C12H9N3/c13-6-3-7-15-11(9-14)8-10-4-1-2-5-12(10)15/h1-2,4-5,8H,3,7H2. The fraction of sp³-hybridized carbons (Fsp3) is 0.167. The van der Waals surface area contributed by atoms with Crippen LogP contribution in [-0.2, 0) is 6.54 Å². The monoisotopic (exact) mass is 195 g/mol. The van der Waals surface area contributed by atoms with Crippen LogP contribution in [0.25, 0.3) is 10.9 Å². The molecule has 3 nitrogen and oxygen atoms in total. The van der Waals surface area contributed by atoms with Gasteiger partial charge in [-0.2, -0.15) is 10.5 Å². The van der Waals surface area contributed by atoms with Crippen molar-refractivity contribution in [2.24, 2.45) is 0 Å². The van der Waals surface area contributed by atoms with Gasteiger partial charge in [0.15, 0.2) is 0 Å². The van der Waals surface area contributed by atoms with E-state index in [-0.39, 0.29) is 0 Å². The van der Waals surface area contributed by atoms with Gasteiger partial charge in [-0.05, 0) is 12.1 Å². The van der Waals surface area contributed by atoms with Crippen molar-refractivity contribution in [1.82, 2.24) is 4.57 Å². The van der Waals surface area contributed by atoms with Gasteiger partial charge in [-0.1, -0.05) is 18.2 Å². The molecule has 0 saturated carbocycles. The number of aryl methyl sites for hydroxylation is 1. The summed E-state index contributed by atoms with van der Waals surface area (Å²) < 4.78 is 1.89. The van der Waals surface area contributed by atoms with Crippen LogP contribution in [0.4, 0.5) is 0 Å². The van der Waals surface area contributed by atoms with Gasteiger partial charge in [0.1, 0.15) is 11.8 Å². The predicted octanol–water partition coefficient (Wildman–Crippen LogP) is 2.43. The zero-order valence-electron chi connectivity index (χ0n) is 8.14. The van der Waals surface area contributed by atoms with Gasteiger partial charge in [0.2, 0.25) is 0 Å². The highest BCUT2D eigenvalue weighted by molar-refractivity contribution is 5.82. The van der Waals surface area contributed by atoms with Crippen LogP contribution in [0.5, 0.6) is 0 Å². The molecule has 0 aliphatic carbocycles. The van der Waals surface area contributed by atoms with Gasteiger partial charge in [-0.25, -0.2) is 0 Å². The SMILES string of the molecule is N#CCCn1c(C#N)cc2ccccc21. The molecular weight excluding hydrogens is 186 g/mol. The number of benzene rings is 1. The lowest BCUT2D eigenvalue weighted by atomic mass is 10.2. The van der Waals surface area contributed by atoms with E-state index in [9.17, 15) is 0 Å². The molecule has 0 aliphatic heterocycles. The third-order valence-electron chi connectivity index (χ3n) is 2.37. The normalized spacial score (nSPS) is 9.73. The first-order chi connectivity index (χ1) is 7.36. The Labute approximate surface area is 87.8 Å². The molecule has 0 N–H and O–H groups in total. The third kappa shape index (κ3) is 1.56. The summed E-state index contributed by atoms with van der Waals surface area (Å²) in [4.78, 5) is 0. The number of nitriles is 2. The van der Waals surface area contributed by atoms with Crippen molar-refractivity contribution in [3.63, 3.8) is 0 Å². The van der Waals surface area contributed by atoms with Crippen LogP contribution in [-0.4, -0.2) is 4.57 Å². The maximum absolute atomic E-state index is 8.97. The Morgan fingerprint density at radius 2 is 2.00 bits per heavy atom. The van der Waals surface area contributed by atoms with E-state index in [1.165, 1.54) is 0 Å². The molecule has 1 aromatic carbocycles. The molecule has 2 aromatic rings. The number of hydrogen-bond acceptors (Lipinski definition) is 2. The van der Waals surface area contributed by atoms with Crippen LogP contribution in [0.2, 0.25) is 0 Å². The van der Waals surface area contributed by atoms with Gasteiger partial charge < -0.3 is 4.57 Å². The summed E-state index contributed by atoms with van der Waals surface area (Å²) in [5.74, 6) is 0. The summed E-state index contributed by atoms with van der Waals surface area (Å²) in [6, 6.07) is 13.9. The van der Waals surface area contributed by atoms with Crippen LogP contribution in [0.3, 0.4) is 0 Å². The molecule has 1 aromatic heterocycles. The van der Waals surface area contributed by atoms with Crippen LogP contribution >= 0.6 is 0 Å². The highest BCUT2D eigenvalue weighted by Gasteiger charge is 2.06. The number of para-hydroxylation sites is 1. The van der Waals surface area contributed by atoms with Gasteiger partial charge in [0.25, 0.3) is 0 Å². The Balaban J connectivity index is 2.59. The van der Waals surface area contributed by atoms with Gasteiger partial charge in [-0.15, -0.1) is 0 Å². The largest absolute Gasteiger partial charge is 0.331 e. The molecule has 0 spiro atoms. The van der Waals surface area contributed by atoms with E-state index in [1.54, 1.807) is 0 Å². The van der Waals surface area contributed by atoms with Crippen LogP contribution in [0.15, 0.2) is 30.3 Å². The molecule has 1 heterocycles. The van der Waals surface area contributed by atoms with Crippen molar-refractivity contribution < 1.29 is 0 Å². The molecule has 0 unspecified atom stereocenters. The summed E-state index contributed by atoms with van der Waals surface area (Å²) in [6.07, 6.45) is 0.424. The van der Waals surface area contributed by atoms with Crippen LogP contribution in [0.1, 0.15) is 12.1 Å². The third-order valence-corrected chi connectivity index (χ3v) is 2.37. The van der Waals surface area contributed by atoms with Gasteiger partial charge in [-0.3, -0.25) is 0 Å². The Morgan fingerprint density at radius 1 is 1.20 bits per heavy atom. The van der Waals surface area contributed by atoms with Crippen LogP contribution in [0, 0.1) is 22.7 Å². The van der Waals surface area contributed by atoms with E-state index in [0.717, 1.165) is 10.9 Å². The second-order valence-electron chi connectivity index (χ2n) is 3.26. The summed E-state index contributed by atoms with van der Waals surface area (Å²) in [5.41, 5.74) is 1.63. The maximum Gasteiger partial charge on any atom is 0.121 e. The highest BCUT2D eigenvalue weighted by Crippen LogP contribution is 2.19. The predicted molar refractivity (Wildman–Crippen MR) is 56.9 cm³/mol. The molecule has 0 atom stereocenters. The Hall–Kier alpha value is -2.26. The van der Waals surface area contributed by atoms with Crippen molar-refractivity contribution >= 4 is 10.9 Å². The first-order valence-corrected chi connectivity index (χ1v) is 4.72. The lowest BCUT2D eigenvalue weighted by molar-refractivity contribution is 0.735. The Kier molecular flexibility index (Phi) is 2.39. The van der Waals surface area contributed by atoms with E-state index < -0.39 is 0 Å². The maximum atomic E-state index is 8.97. The molecule has 0 aliphatic rings. The first kappa shape index (κ1) is 9.30. The fourth-order valence-electron chi connectivity index (χ4n) is 1.71. The van der Waals surface area contributed by atoms with Gasteiger partial charge >= 0.3 is 0 Å². The molecule has 0 fully saturated rings. The number of fused-ring (bicyclic) bond motifs is 1. The topological polar surface area (TPSA) is 52.5 Å². The van der Waals surface area contributed by atoms with Gasteiger partial charge in [0.05, 0.1) is 12.5 Å². The van der Waals surface area contributed by atoms with Crippen molar-refractivity contribution in [2.75, 3.05) is 0 Å². The lowest BCUT2D eigenvalue weighted by Gasteiger charge is -2.02. The van der Waals surface area contributed by atoms with Crippen molar-refractivity contribution in [2.45, 2.75) is 13.0 Å². The molecule has 15 heavy (non-hydrogen) atoms. The van der Waals surface area contributed by atoms with Crippen molar-refractivity contribution in [1.29, 1.82) is 10.5 Å². The minimum absolute atomic E-state index is 0.424. The molecule has 0 radical (unpaired) electrons. The Bertz CT molecular complexity index is 567. The first-order valence-electron chi connectivity index (χ1n) is 4.72. The summed E-state index contributed by atoms with van der Waals surface area (Å²) in [5, 5.41) is 18.6. The highest BCUT2D eigenvalue weighted by atomic mass is 15.0. The Morgan fingerprint density at radius 3 is 2.73 bits per heavy atom. The molecule has 0 amide bonds. The quantitative estimate of drug-likeness (QED) is 0.738. The summed E-state index contributed by atoms with van der Waals surface area (Å²) in [6.45, 7) is 0.576. The molecule has 0 saturated heterocycles. The molecule has 0 bridgehead atoms. The van der Waals surface area contributed by atoms with E-state index in [4.69, 9.17) is 10.5 Å². The molecular formula is C12H9N3. The summed E-state index contributed by atoms with van der Waals surface area (Å²) >= 11 is 0. The smallest absolute Gasteiger partial charge is 0.121 e. The lowest BCUT2D eigenvalue weighted by Crippen LogP contribution is -1.99. The van der Waals surface area contributed by atoms with E-state index in [1.807, 2.05) is 34.9 Å². The second-order valence-corrected chi connectivity index (χ2v) is 3.26. The van der Waals surface area contributed by atoms with E-state index >= 15 is 0 Å². The molecule has 2 rings (SSSR count). The van der Waals surface area contributed by atoms with Crippen molar-refractivity contribution in [3.05, 3.63) is 36.0 Å². The number of nitrogens with zero attached hydrogens (tertiary/aromatic N) is 3. The van der Waals surface area contributed by atoms with E-state index in [0.29, 0.717) is 18.7 Å². The molecule has 72 valence electrons. The minimum Gasteiger partial charge on any atom is -0.331 e. The minimum atomic E-state index is 0.424. The number of rotatable bonds is 2. The zero-order chi connectivity index (χ0) is 10.7.